The van der Waals surface area contributed by atoms with Gasteiger partial charge >= 0.3 is 0 Å². The van der Waals surface area contributed by atoms with Crippen LogP contribution in [0, 0.1) is 0 Å². The van der Waals surface area contributed by atoms with Gasteiger partial charge in [0, 0.05) is 31.2 Å². The fourth-order valence-electron chi connectivity index (χ4n) is 3.49. The Bertz CT molecular complexity index is 1090. The van der Waals surface area contributed by atoms with Crippen LogP contribution in [0.25, 0.3) is 5.65 Å². The first-order valence-corrected chi connectivity index (χ1v) is 12.4. The maximum atomic E-state index is 11.7. The number of nitrogens with one attached hydrogen (secondary N) is 2. The first-order chi connectivity index (χ1) is 14.4. The van der Waals surface area contributed by atoms with E-state index in [0.717, 1.165) is 47.4 Å². The number of aliphatic hydroxyl groups excluding tert-OH is 1. The van der Waals surface area contributed by atoms with Gasteiger partial charge < -0.3 is 15.7 Å². The standard InChI is InChI=1S/C19H22BrN5O2S.CH4O/c1-28(26,27)15-9-7-14(8-10-15)23-18-11-17(22-13-5-3-2-4-6-13)24-19-16(20)12-21-25(18)19;1-2/h7-13,23H,2-6H2,1H3,(H,22,24);2H,1H3. The second kappa shape index (κ2) is 9.76. The number of aliphatic hydroxyl groups is 1. The lowest BCUT2D eigenvalue weighted by atomic mass is 9.95. The third kappa shape index (κ3) is 5.30. The van der Waals surface area contributed by atoms with Crippen molar-refractivity contribution in [3.8, 4) is 0 Å². The largest absolute Gasteiger partial charge is 0.400 e. The fraction of sp³-hybridized carbons (Fsp3) is 0.400. The molecule has 0 aliphatic heterocycles. The quantitative estimate of drug-likeness (QED) is 0.490. The van der Waals surface area contributed by atoms with E-state index in [0.29, 0.717) is 10.9 Å². The van der Waals surface area contributed by atoms with Gasteiger partial charge in [0.1, 0.15) is 11.6 Å². The fourth-order valence-corrected chi connectivity index (χ4v) is 4.47. The number of aromatic nitrogens is 3. The summed E-state index contributed by atoms with van der Waals surface area (Å²) in [6, 6.07) is 9.05. The third-order valence-electron chi connectivity index (χ3n) is 4.94. The van der Waals surface area contributed by atoms with Crippen molar-refractivity contribution in [2.75, 3.05) is 24.0 Å². The molecule has 2 aromatic heterocycles. The van der Waals surface area contributed by atoms with Crippen LogP contribution in [0.1, 0.15) is 32.1 Å². The lowest BCUT2D eigenvalue weighted by Gasteiger charge is -2.23. The number of hydrogen-bond acceptors (Lipinski definition) is 7. The molecule has 2 heterocycles. The van der Waals surface area contributed by atoms with Crippen molar-refractivity contribution in [1.29, 1.82) is 0 Å². The molecule has 162 valence electrons. The Hall–Kier alpha value is -2.17. The molecule has 1 aliphatic carbocycles. The minimum Gasteiger partial charge on any atom is -0.400 e. The molecule has 10 heteroatoms. The Labute approximate surface area is 184 Å². The average Bonchev–Trinajstić information content (AvgIpc) is 3.11. The van der Waals surface area contributed by atoms with Gasteiger partial charge in [0.2, 0.25) is 0 Å². The van der Waals surface area contributed by atoms with Crippen LogP contribution < -0.4 is 10.6 Å². The molecule has 0 unspecified atom stereocenters. The Kier molecular flexibility index (Phi) is 7.32. The predicted molar refractivity (Wildman–Crippen MR) is 122 cm³/mol. The molecule has 4 rings (SSSR count). The van der Waals surface area contributed by atoms with Gasteiger partial charge in [-0.25, -0.2) is 13.4 Å². The summed E-state index contributed by atoms with van der Waals surface area (Å²) in [4.78, 5) is 4.99. The number of anilines is 3. The highest BCUT2D eigenvalue weighted by atomic mass is 79.9. The SMILES string of the molecule is CO.CS(=O)(=O)c1ccc(Nc2cc(NC3CCCCC3)nc3c(Br)cnn23)cc1. The first-order valence-electron chi connectivity index (χ1n) is 9.73. The van der Waals surface area contributed by atoms with E-state index in [1.54, 1.807) is 35.0 Å². The number of hydrogen-bond donors (Lipinski definition) is 3. The lowest BCUT2D eigenvalue weighted by molar-refractivity contribution is 0.399. The molecule has 0 bridgehead atoms. The molecule has 1 fully saturated rings. The molecule has 1 saturated carbocycles. The molecule has 0 atom stereocenters. The summed E-state index contributed by atoms with van der Waals surface area (Å²) in [6.45, 7) is 0. The molecular weight excluding hydrogens is 470 g/mol. The highest BCUT2D eigenvalue weighted by Gasteiger charge is 2.16. The van der Waals surface area contributed by atoms with Gasteiger partial charge in [0.15, 0.2) is 15.5 Å². The van der Waals surface area contributed by atoms with Gasteiger partial charge in [0.25, 0.3) is 0 Å². The Morgan fingerprint density at radius 3 is 2.43 bits per heavy atom. The Morgan fingerprint density at radius 2 is 1.80 bits per heavy atom. The minimum absolute atomic E-state index is 0.291. The number of benzene rings is 1. The van der Waals surface area contributed by atoms with Crippen LogP contribution in [0.5, 0.6) is 0 Å². The molecule has 0 radical (unpaired) electrons. The normalized spacial score (nSPS) is 14.8. The monoisotopic (exact) mass is 495 g/mol. The molecule has 0 spiro atoms. The maximum Gasteiger partial charge on any atom is 0.175 e. The highest BCUT2D eigenvalue weighted by molar-refractivity contribution is 9.10. The smallest absolute Gasteiger partial charge is 0.175 e. The predicted octanol–water partition coefficient (Wildman–Crippen LogP) is 3.99. The number of sulfone groups is 1. The van der Waals surface area contributed by atoms with E-state index in [4.69, 9.17) is 10.1 Å². The van der Waals surface area contributed by atoms with Gasteiger partial charge in [-0.2, -0.15) is 9.61 Å². The van der Waals surface area contributed by atoms with Gasteiger partial charge in [-0.05, 0) is 53.0 Å². The zero-order valence-corrected chi connectivity index (χ0v) is 19.4. The molecule has 8 nitrogen and oxygen atoms in total. The summed E-state index contributed by atoms with van der Waals surface area (Å²) in [5.41, 5.74) is 1.49. The van der Waals surface area contributed by atoms with Crippen molar-refractivity contribution in [2.24, 2.45) is 0 Å². The second-order valence-corrected chi connectivity index (χ2v) is 10.0. The van der Waals surface area contributed by atoms with Crippen molar-refractivity contribution in [2.45, 2.75) is 43.0 Å². The maximum absolute atomic E-state index is 11.7. The highest BCUT2D eigenvalue weighted by Crippen LogP contribution is 2.27. The zero-order chi connectivity index (χ0) is 21.7. The van der Waals surface area contributed by atoms with Crippen LogP contribution >= 0.6 is 15.9 Å². The van der Waals surface area contributed by atoms with E-state index >= 15 is 0 Å². The van der Waals surface area contributed by atoms with Gasteiger partial charge in [-0.1, -0.05) is 19.3 Å². The zero-order valence-electron chi connectivity index (χ0n) is 17.0. The average molecular weight is 496 g/mol. The van der Waals surface area contributed by atoms with Gasteiger partial charge in [0.05, 0.1) is 15.6 Å². The van der Waals surface area contributed by atoms with Crippen molar-refractivity contribution >= 4 is 48.7 Å². The first kappa shape index (κ1) is 22.5. The van der Waals surface area contributed by atoms with E-state index in [-0.39, 0.29) is 0 Å². The van der Waals surface area contributed by atoms with E-state index in [9.17, 15) is 8.42 Å². The topological polar surface area (TPSA) is 109 Å². The Morgan fingerprint density at radius 1 is 1.13 bits per heavy atom. The van der Waals surface area contributed by atoms with Crippen molar-refractivity contribution in [3.63, 3.8) is 0 Å². The number of nitrogens with zero attached hydrogens (tertiary/aromatic N) is 3. The van der Waals surface area contributed by atoms with Crippen LogP contribution in [0.4, 0.5) is 17.3 Å². The molecule has 30 heavy (non-hydrogen) atoms. The van der Waals surface area contributed by atoms with Crippen LogP contribution in [0.3, 0.4) is 0 Å². The summed E-state index contributed by atoms with van der Waals surface area (Å²) < 4.78 is 25.9. The van der Waals surface area contributed by atoms with E-state index in [1.807, 2.05) is 6.07 Å². The summed E-state index contributed by atoms with van der Waals surface area (Å²) in [5.74, 6) is 1.55. The minimum atomic E-state index is -3.22. The van der Waals surface area contributed by atoms with Crippen LogP contribution in [-0.2, 0) is 9.84 Å². The molecule has 1 aliphatic rings. The number of halogens is 1. The van der Waals surface area contributed by atoms with Crippen LogP contribution in [0.15, 0.2) is 45.9 Å². The third-order valence-corrected chi connectivity index (χ3v) is 6.63. The molecular formula is C20H26BrN5O3S. The van der Waals surface area contributed by atoms with E-state index in [2.05, 4.69) is 31.7 Å². The van der Waals surface area contributed by atoms with E-state index < -0.39 is 9.84 Å². The van der Waals surface area contributed by atoms with Crippen molar-refractivity contribution < 1.29 is 13.5 Å². The summed E-state index contributed by atoms with van der Waals surface area (Å²) in [7, 11) is -2.22. The molecule has 3 aromatic rings. The Balaban J connectivity index is 0.00000124. The van der Waals surface area contributed by atoms with Crippen LogP contribution in [0.2, 0.25) is 0 Å². The van der Waals surface area contributed by atoms with Gasteiger partial charge in [-0.15, -0.1) is 0 Å². The number of fused-ring (bicyclic) bond motifs is 1. The molecule has 1 aromatic carbocycles. The summed E-state index contributed by atoms with van der Waals surface area (Å²) in [6.07, 6.45) is 9.01. The van der Waals surface area contributed by atoms with E-state index in [1.165, 1.54) is 25.5 Å². The number of rotatable bonds is 5. The van der Waals surface area contributed by atoms with Crippen LogP contribution in [-0.4, -0.2) is 47.5 Å². The molecule has 3 N–H and O–H groups in total. The van der Waals surface area contributed by atoms with Crippen molar-refractivity contribution in [3.05, 3.63) is 41.0 Å². The summed E-state index contributed by atoms with van der Waals surface area (Å²) in [5, 5.41) is 18.3. The molecule has 0 saturated heterocycles. The lowest BCUT2D eigenvalue weighted by Crippen LogP contribution is -2.23. The van der Waals surface area contributed by atoms with Gasteiger partial charge in [-0.3, -0.25) is 0 Å². The molecule has 0 amide bonds. The second-order valence-electron chi connectivity index (χ2n) is 7.16. The summed E-state index contributed by atoms with van der Waals surface area (Å²) >= 11 is 3.51. The van der Waals surface area contributed by atoms with Crippen molar-refractivity contribution in [1.82, 2.24) is 14.6 Å².